The van der Waals surface area contributed by atoms with Crippen molar-refractivity contribution in [2.45, 2.75) is 25.8 Å². The fourth-order valence-corrected chi connectivity index (χ4v) is 5.29. The second kappa shape index (κ2) is 11.1. The summed E-state index contributed by atoms with van der Waals surface area (Å²) in [5.41, 5.74) is 3.36. The summed E-state index contributed by atoms with van der Waals surface area (Å²) in [5, 5.41) is 12.3. The van der Waals surface area contributed by atoms with Gasteiger partial charge >= 0.3 is 0 Å². The van der Waals surface area contributed by atoms with Gasteiger partial charge in [0.05, 0.1) is 4.92 Å². The van der Waals surface area contributed by atoms with Gasteiger partial charge in [0.2, 0.25) is 11.8 Å². The number of hydrogen-bond acceptors (Lipinski definition) is 4. The maximum absolute atomic E-state index is 13.9. The van der Waals surface area contributed by atoms with Gasteiger partial charge in [0.25, 0.3) is 5.69 Å². The number of nitrogens with zero attached hydrogens (tertiary/aromatic N) is 4. The molecular formula is C30H29FN4O4. The zero-order valence-corrected chi connectivity index (χ0v) is 21.6. The first-order chi connectivity index (χ1) is 18.8. The van der Waals surface area contributed by atoms with Crippen LogP contribution in [0.1, 0.15) is 36.0 Å². The second-order valence-corrected chi connectivity index (χ2v) is 9.85. The summed E-state index contributed by atoms with van der Waals surface area (Å²) in [6, 6.07) is 20.7. The minimum absolute atomic E-state index is 0.0147. The molecule has 5 rings (SSSR count). The molecule has 0 aliphatic carbocycles. The van der Waals surface area contributed by atoms with Crippen molar-refractivity contribution >= 4 is 28.4 Å². The molecule has 4 aromatic rings. The number of carbonyl (C=O) groups is 2. The van der Waals surface area contributed by atoms with Gasteiger partial charge in [-0.25, -0.2) is 4.39 Å². The molecule has 0 spiro atoms. The number of halogens is 1. The number of non-ortho nitro benzene ring substituents is 1. The van der Waals surface area contributed by atoms with E-state index in [1.54, 1.807) is 34.1 Å². The predicted octanol–water partition coefficient (Wildman–Crippen LogP) is 4.95. The SMILES string of the molecule is CC(=O)N1CCN(C(=O)CC(c2ccc(F)cc2)c2cn(Cc3ccccc3)c3ccc([N+](=O)[O-])cc23)CC1. The molecule has 0 radical (unpaired) electrons. The highest BCUT2D eigenvalue weighted by Gasteiger charge is 2.28. The summed E-state index contributed by atoms with van der Waals surface area (Å²) < 4.78 is 15.9. The molecule has 0 bridgehead atoms. The van der Waals surface area contributed by atoms with E-state index < -0.39 is 10.8 Å². The van der Waals surface area contributed by atoms with Crippen LogP contribution in [0.2, 0.25) is 0 Å². The first kappa shape index (κ1) is 26.1. The number of nitro groups is 1. The average molecular weight is 529 g/mol. The molecule has 1 aromatic heterocycles. The summed E-state index contributed by atoms with van der Waals surface area (Å²) in [7, 11) is 0. The molecule has 200 valence electrons. The normalized spacial score (nSPS) is 14.4. The summed E-state index contributed by atoms with van der Waals surface area (Å²) in [6.07, 6.45) is 2.06. The topological polar surface area (TPSA) is 88.7 Å². The molecule has 1 aliphatic rings. The van der Waals surface area contributed by atoms with Crippen LogP contribution in [0.25, 0.3) is 10.9 Å². The summed E-state index contributed by atoms with van der Waals surface area (Å²) >= 11 is 0. The Kier molecular flexibility index (Phi) is 7.40. The van der Waals surface area contributed by atoms with E-state index in [9.17, 15) is 24.1 Å². The predicted molar refractivity (Wildman–Crippen MR) is 146 cm³/mol. The van der Waals surface area contributed by atoms with Crippen molar-refractivity contribution < 1.29 is 18.9 Å². The standard InChI is InChI=1S/C30H29FN4O4/c1-21(36)32-13-15-33(16-14-32)30(37)18-26(23-7-9-24(31)10-8-23)28-20-34(19-22-5-3-2-4-6-22)29-12-11-25(35(38)39)17-27(28)29/h2-12,17,20,26H,13-16,18-19H2,1H3. The fraction of sp³-hybridized carbons (Fsp3) is 0.267. The number of hydrogen-bond donors (Lipinski definition) is 0. The molecule has 9 heteroatoms. The first-order valence-electron chi connectivity index (χ1n) is 12.9. The van der Waals surface area contributed by atoms with Crippen LogP contribution in [0.15, 0.2) is 79.0 Å². The van der Waals surface area contributed by atoms with Crippen LogP contribution in [0.4, 0.5) is 10.1 Å². The van der Waals surface area contributed by atoms with Crippen LogP contribution in [0.5, 0.6) is 0 Å². The lowest BCUT2D eigenvalue weighted by Gasteiger charge is -2.35. The van der Waals surface area contributed by atoms with Gasteiger partial charge in [0.15, 0.2) is 0 Å². The van der Waals surface area contributed by atoms with Crippen LogP contribution in [-0.2, 0) is 16.1 Å². The number of rotatable bonds is 7. The summed E-state index contributed by atoms with van der Waals surface area (Å²) in [6.45, 7) is 3.90. The zero-order valence-electron chi connectivity index (χ0n) is 21.6. The van der Waals surface area contributed by atoms with Gasteiger partial charge in [-0.15, -0.1) is 0 Å². The quantitative estimate of drug-likeness (QED) is 0.251. The Morgan fingerprint density at radius 3 is 2.26 bits per heavy atom. The van der Waals surface area contributed by atoms with Gasteiger partial charge in [-0.1, -0.05) is 42.5 Å². The lowest BCUT2D eigenvalue weighted by Crippen LogP contribution is -2.50. The average Bonchev–Trinajstić information content (AvgIpc) is 3.30. The van der Waals surface area contributed by atoms with Gasteiger partial charge < -0.3 is 14.4 Å². The number of carbonyl (C=O) groups excluding carboxylic acids is 2. The molecule has 1 saturated heterocycles. The van der Waals surface area contributed by atoms with E-state index in [4.69, 9.17) is 0 Å². The Balaban J connectivity index is 1.56. The minimum atomic E-state index is -0.453. The molecule has 1 fully saturated rings. The lowest BCUT2D eigenvalue weighted by molar-refractivity contribution is -0.384. The van der Waals surface area contributed by atoms with Crippen molar-refractivity contribution in [1.82, 2.24) is 14.4 Å². The summed E-state index contributed by atoms with van der Waals surface area (Å²) in [4.78, 5) is 40.0. The third-order valence-electron chi connectivity index (χ3n) is 7.41. The van der Waals surface area contributed by atoms with Gasteiger partial charge in [-0.2, -0.15) is 0 Å². The third kappa shape index (κ3) is 5.67. The van der Waals surface area contributed by atoms with Crippen molar-refractivity contribution in [3.63, 3.8) is 0 Å². The highest BCUT2D eigenvalue weighted by Crippen LogP contribution is 2.37. The van der Waals surface area contributed by atoms with Crippen LogP contribution < -0.4 is 0 Å². The smallest absolute Gasteiger partial charge is 0.270 e. The Morgan fingerprint density at radius 2 is 1.62 bits per heavy atom. The molecule has 1 unspecified atom stereocenters. The highest BCUT2D eigenvalue weighted by atomic mass is 19.1. The van der Waals surface area contributed by atoms with Gasteiger partial charge in [0.1, 0.15) is 5.82 Å². The number of piperazine rings is 1. The van der Waals surface area contributed by atoms with Gasteiger partial charge in [0, 0.05) is 81.2 Å². The molecule has 2 heterocycles. The monoisotopic (exact) mass is 528 g/mol. The zero-order chi connectivity index (χ0) is 27.5. The molecule has 1 atom stereocenters. The Morgan fingerprint density at radius 1 is 0.949 bits per heavy atom. The van der Waals surface area contributed by atoms with Crippen LogP contribution in [-0.4, -0.2) is 57.3 Å². The number of amides is 2. The molecular weight excluding hydrogens is 499 g/mol. The molecule has 8 nitrogen and oxygen atoms in total. The van der Waals surface area contributed by atoms with E-state index in [1.807, 2.05) is 41.1 Å². The Labute approximate surface area is 225 Å². The maximum atomic E-state index is 13.9. The van der Waals surface area contributed by atoms with Crippen LogP contribution in [0.3, 0.4) is 0 Å². The van der Waals surface area contributed by atoms with Crippen molar-refractivity contribution in [1.29, 1.82) is 0 Å². The molecule has 1 aliphatic heterocycles. The van der Waals surface area contributed by atoms with Gasteiger partial charge in [-0.3, -0.25) is 19.7 Å². The second-order valence-electron chi connectivity index (χ2n) is 9.85. The molecule has 0 N–H and O–H groups in total. The Bertz CT molecular complexity index is 1510. The van der Waals surface area contributed by atoms with E-state index in [0.717, 1.165) is 22.2 Å². The van der Waals surface area contributed by atoms with E-state index in [0.29, 0.717) is 38.1 Å². The van der Waals surface area contributed by atoms with Crippen molar-refractivity contribution in [2.75, 3.05) is 26.2 Å². The van der Waals surface area contributed by atoms with E-state index >= 15 is 0 Å². The molecule has 2 amide bonds. The molecule has 3 aromatic carbocycles. The fourth-order valence-electron chi connectivity index (χ4n) is 5.29. The number of aromatic nitrogens is 1. The largest absolute Gasteiger partial charge is 0.343 e. The Hall–Kier alpha value is -4.53. The molecule has 0 saturated carbocycles. The van der Waals surface area contributed by atoms with Crippen LogP contribution in [0, 0.1) is 15.9 Å². The third-order valence-corrected chi connectivity index (χ3v) is 7.41. The van der Waals surface area contributed by atoms with E-state index in [1.165, 1.54) is 25.1 Å². The highest BCUT2D eigenvalue weighted by molar-refractivity contribution is 5.88. The summed E-state index contributed by atoms with van der Waals surface area (Å²) in [5.74, 6) is -0.933. The van der Waals surface area contributed by atoms with Crippen molar-refractivity contribution in [3.05, 3.63) is 112 Å². The van der Waals surface area contributed by atoms with E-state index in [2.05, 4.69) is 0 Å². The minimum Gasteiger partial charge on any atom is -0.343 e. The number of nitro benzene ring substituents is 1. The van der Waals surface area contributed by atoms with E-state index in [-0.39, 0.29) is 29.7 Å². The van der Waals surface area contributed by atoms with Crippen molar-refractivity contribution in [3.8, 4) is 0 Å². The number of benzene rings is 3. The first-order valence-corrected chi connectivity index (χ1v) is 12.9. The molecule has 39 heavy (non-hydrogen) atoms. The van der Waals surface area contributed by atoms with Gasteiger partial charge in [-0.05, 0) is 34.9 Å². The van der Waals surface area contributed by atoms with Crippen molar-refractivity contribution in [2.24, 2.45) is 0 Å². The maximum Gasteiger partial charge on any atom is 0.270 e. The lowest BCUT2D eigenvalue weighted by atomic mass is 9.87. The van der Waals surface area contributed by atoms with Crippen LogP contribution >= 0.6 is 0 Å². The number of fused-ring (bicyclic) bond motifs is 1.